The number of rotatable bonds is 8. The van der Waals surface area contributed by atoms with Crippen LogP contribution in [0.3, 0.4) is 0 Å². The van der Waals surface area contributed by atoms with Gasteiger partial charge in [-0.3, -0.25) is 0 Å². The van der Waals surface area contributed by atoms with E-state index in [-0.39, 0.29) is 0 Å². The lowest BCUT2D eigenvalue weighted by molar-refractivity contribution is 0.533. The van der Waals surface area contributed by atoms with E-state index in [4.69, 9.17) is 4.98 Å². The van der Waals surface area contributed by atoms with E-state index in [1.54, 1.807) is 0 Å². The molecule has 0 aliphatic rings. The topological polar surface area (TPSA) is 17.8 Å². The Labute approximate surface area is 165 Å². The van der Waals surface area contributed by atoms with Gasteiger partial charge in [-0.25, -0.2) is 4.98 Å². The molecule has 0 saturated carbocycles. The van der Waals surface area contributed by atoms with Crippen LogP contribution < -0.4 is 0 Å². The third-order valence-corrected chi connectivity index (χ3v) is 4.57. The van der Waals surface area contributed by atoms with E-state index in [9.17, 15) is 0 Å². The van der Waals surface area contributed by atoms with Gasteiger partial charge in [0.25, 0.3) is 0 Å². The molecule has 144 valence electrons. The molecule has 2 heterocycles. The van der Waals surface area contributed by atoms with Crippen LogP contribution in [0.25, 0.3) is 22.2 Å². The zero-order valence-corrected chi connectivity index (χ0v) is 17.8. The highest BCUT2D eigenvalue weighted by atomic mass is 15.0. The number of hydrogen-bond donors (Lipinski definition) is 0. The SMILES string of the molecule is C=C(C)c1ccc2c(C(/C=C/C)=C/C=C(\C)CCC)cn(CC(C)C)c2n1. The third-order valence-electron chi connectivity index (χ3n) is 4.57. The Bertz CT molecular complexity index is 888. The molecule has 2 aromatic heterocycles. The van der Waals surface area contributed by atoms with Gasteiger partial charge in [0.1, 0.15) is 5.65 Å². The highest BCUT2D eigenvalue weighted by Gasteiger charge is 2.14. The van der Waals surface area contributed by atoms with Gasteiger partial charge in [-0.05, 0) is 56.4 Å². The van der Waals surface area contributed by atoms with Crippen LogP contribution in [-0.2, 0) is 6.54 Å². The zero-order chi connectivity index (χ0) is 20.0. The van der Waals surface area contributed by atoms with Crippen LogP contribution in [0, 0.1) is 5.92 Å². The van der Waals surface area contributed by atoms with E-state index in [1.807, 2.05) is 6.92 Å². The molecule has 0 unspecified atom stereocenters. The van der Waals surface area contributed by atoms with E-state index in [0.717, 1.165) is 29.9 Å². The van der Waals surface area contributed by atoms with Crippen molar-refractivity contribution in [1.82, 2.24) is 9.55 Å². The lowest BCUT2D eigenvalue weighted by atomic mass is 10.0. The van der Waals surface area contributed by atoms with Gasteiger partial charge < -0.3 is 4.57 Å². The molecule has 0 aliphatic heterocycles. The molecule has 27 heavy (non-hydrogen) atoms. The molecule has 0 N–H and O–H groups in total. The van der Waals surface area contributed by atoms with Gasteiger partial charge in [0.2, 0.25) is 0 Å². The first-order valence-corrected chi connectivity index (χ1v) is 10.0. The molecule has 0 spiro atoms. The van der Waals surface area contributed by atoms with Gasteiger partial charge in [-0.1, -0.05) is 63.6 Å². The summed E-state index contributed by atoms with van der Waals surface area (Å²) in [6, 6.07) is 4.28. The Morgan fingerprint density at radius 3 is 2.56 bits per heavy atom. The Hall–Kier alpha value is -2.35. The predicted octanol–water partition coefficient (Wildman–Crippen LogP) is 7.43. The normalized spacial score (nSPS) is 13.3. The minimum Gasteiger partial charge on any atom is -0.332 e. The molecule has 0 saturated heterocycles. The number of aromatic nitrogens is 2. The summed E-state index contributed by atoms with van der Waals surface area (Å²) in [5.41, 5.74) is 6.89. The van der Waals surface area contributed by atoms with Crippen molar-refractivity contribution < 1.29 is 0 Å². The van der Waals surface area contributed by atoms with Gasteiger partial charge in [-0.15, -0.1) is 0 Å². The van der Waals surface area contributed by atoms with Crippen LogP contribution in [0.5, 0.6) is 0 Å². The van der Waals surface area contributed by atoms with Crippen molar-refractivity contribution in [3.05, 3.63) is 66.0 Å². The average Bonchev–Trinajstić information content (AvgIpc) is 2.96. The number of nitrogens with zero attached hydrogens (tertiary/aromatic N) is 2. The fraction of sp³-hybridized carbons (Fsp3) is 0.400. The second kappa shape index (κ2) is 9.55. The Morgan fingerprint density at radius 2 is 1.96 bits per heavy atom. The highest BCUT2D eigenvalue weighted by Crippen LogP contribution is 2.29. The average molecular weight is 363 g/mol. The van der Waals surface area contributed by atoms with E-state index in [1.165, 1.54) is 28.5 Å². The summed E-state index contributed by atoms with van der Waals surface area (Å²) >= 11 is 0. The van der Waals surface area contributed by atoms with E-state index < -0.39 is 0 Å². The summed E-state index contributed by atoms with van der Waals surface area (Å²) in [5.74, 6) is 0.560. The van der Waals surface area contributed by atoms with E-state index in [0.29, 0.717) is 5.92 Å². The molecule has 2 aromatic rings. The van der Waals surface area contributed by atoms with Crippen LogP contribution in [0.4, 0.5) is 0 Å². The van der Waals surface area contributed by atoms with Crippen LogP contribution >= 0.6 is 0 Å². The minimum atomic E-state index is 0.560. The molecule has 2 nitrogen and oxygen atoms in total. The van der Waals surface area contributed by atoms with Gasteiger partial charge >= 0.3 is 0 Å². The molecular weight excluding hydrogens is 328 g/mol. The second-order valence-electron chi connectivity index (χ2n) is 7.82. The minimum absolute atomic E-state index is 0.560. The summed E-state index contributed by atoms with van der Waals surface area (Å²) in [6.07, 6.45) is 13.4. The van der Waals surface area contributed by atoms with Crippen LogP contribution in [0.15, 0.2) is 54.8 Å². The third kappa shape index (κ3) is 5.32. The van der Waals surface area contributed by atoms with E-state index >= 15 is 0 Å². The summed E-state index contributed by atoms with van der Waals surface area (Å²) in [7, 11) is 0. The highest BCUT2D eigenvalue weighted by molar-refractivity contribution is 5.94. The van der Waals surface area contributed by atoms with Crippen LogP contribution in [0.2, 0.25) is 0 Å². The zero-order valence-electron chi connectivity index (χ0n) is 17.8. The van der Waals surface area contributed by atoms with Gasteiger partial charge in [-0.2, -0.15) is 0 Å². The van der Waals surface area contributed by atoms with Gasteiger partial charge in [0, 0.05) is 23.7 Å². The maximum atomic E-state index is 4.91. The lowest BCUT2D eigenvalue weighted by Gasteiger charge is -2.08. The lowest BCUT2D eigenvalue weighted by Crippen LogP contribution is -2.04. The largest absolute Gasteiger partial charge is 0.332 e. The van der Waals surface area contributed by atoms with Crippen molar-refractivity contribution >= 4 is 22.2 Å². The molecule has 0 fully saturated rings. The first kappa shape index (κ1) is 21.0. The molecule has 0 amide bonds. The monoisotopic (exact) mass is 362 g/mol. The Morgan fingerprint density at radius 1 is 1.22 bits per heavy atom. The molecular formula is C25H34N2. The predicted molar refractivity (Wildman–Crippen MR) is 121 cm³/mol. The van der Waals surface area contributed by atoms with Crippen molar-refractivity contribution in [2.75, 3.05) is 0 Å². The maximum absolute atomic E-state index is 4.91. The standard InChI is InChI=1S/C25H34N2/c1-8-10-20(7)12-13-21(11-9-2)23-17-27(16-18(3)4)25-22(23)14-15-24(26-25)19(5)6/h9,11-15,17-18H,5,8,10,16H2,1-4,6-7H3/b11-9+,20-12+,21-13+. The first-order valence-electron chi connectivity index (χ1n) is 10.0. The van der Waals surface area contributed by atoms with Crippen LogP contribution in [-0.4, -0.2) is 9.55 Å². The molecule has 2 heteroatoms. The molecule has 2 rings (SSSR count). The summed E-state index contributed by atoms with van der Waals surface area (Å²) < 4.78 is 2.29. The van der Waals surface area contributed by atoms with Crippen molar-refractivity contribution in [2.24, 2.45) is 5.92 Å². The van der Waals surface area contributed by atoms with E-state index in [2.05, 4.69) is 88.4 Å². The van der Waals surface area contributed by atoms with Gasteiger partial charge in [0.15, 0.2) is 0 Å². The summed E-state index contributed by atoms with van der Waals surface area (Å²) in [4.78, 5) is 4.91. The maximum Gasteiger partial charge on any atom is 0.141 e. The van der Waals surface area contributed by atoms with Crippen molar-refractivity contribution in [1.29, 1.82) is 0 Å². The summed E-state index contributed by atoms with van der Waals surface area (Å²) in [5, 5.41) is 1.20. The smallest absolute Gasteiger partial charge is 0.141 e. The number of fused-ring (bicyclic) bond motifs is 1. The first-order chi connectivity index (χ1) is 12.9. The van der Waals surface area contributed by atoms with Crippen molar-refractivity contribution in [3.63, 3.8) is 0 Å². The molecule has 0 atom stereocenters. The quantitative estimate of drug-likeness (QED) is 0.446. The number of allylic oxidation sites excluding steroid dienone is 7. The molecule has 0 aromatic carbocycles. The molecule has 0 radical (unpaired) electrons. The Kier molecular flexibility index (Phi) is 7.41. The number of pyridine rings is 1. The second-order valence-corrected chi connectivity index (χ2v) is 7.82. The molecule has 0 aliphatic carbocycles. The van der Waals surface area contributed by atoms with Crippen LogP contribution in [0.1, 0.15) is 65.6 Å². The van der Waals surface area contributed by atoms with Gasteiger partial charge in [0.05, 0.1) is 5.69 Å². The fourth-order valence-electron chi connectivity index (χ4n) is 3.29. The van der Waals surface area contributed by atoms with Crippen molar-refractivity contribution in [3.8, 4) is 0 Å². The fourth-order valence-corrected chi connectivity index (χ4v) is 3.29. The Balaban J connectivity index is 2.65. The van der Waals surface area contributed by atoms with Crippen molar-refractivity contribution in [2.45, 2.75) is 60.9 Å². The summed E-state index contributed by atoms with van der Waals surface area (Å²) in [6.45, 7) is 18.0. The number of hydrogen-bond acceptors (Lipinski definition) is 1. The molecule has 0 bridgehead atoms.